The van der Waals surface area contributed by atoms with Gasteiger partial charge in [0.15, 0.2) is 37.2 Å². The van der Waals surface area contributed by atoms with E-state index in [9.17, 15) is 0 Å². The molecule has 2 saturated carbocycles. The van der Waals surface area contributed by atoms with Crippen LogP contribution in [0.5, 0.6) is 0 Å². The summed E-state index contributed by atoms with van der Waals surface area (Å²) in [6.45, 7) is 31.2. The first-order valence-electron chi connectivity index (χ1n) is 47.7. The third-order valence-electron chi connectivity index (χ3n) is 27.7. The summed E-state index contributed by atoms with van der Waals surface area (Å²) in [7, 11) is 12.8. The zero-order chi connectivity index (χ0) is 91.6. The molecule has 20 rings (SSSR count). The van der Waals surface area contributed by atoms with Gasteiger partial charge in [-0.05, 0) is 269 Å². The van der Waals surface area contributed by atoms with Gasteiger partial charge in [0, 0.05) is 69.3 Å². The molecule has 0 atom stereocenters. The highest BCUT2D eigenvalue weighted by atomic mass is 14.9. The Hall–Kier alpha value is -12.9. The summed E-state index contributed by atoms with van der Waals surface area (Å²) in [5.41, 5.74) is 32.4. The Morgan fingerprint density at radius 3 is 0.992 bits per heavy atom. The van der Waals surface area contributed by atoms with E-state index in [4.69, 9.17) is 0 Å². The van der Waals surface area contributed by atoms with Crippen molar-refractivity contribution in [3.63, 3.8) is 0 Å². The van der Waals surface area contributed by atoms with E-state index in [2.05, 4.69) is 495 Å². The summed E-state index contributed by atoms with van der Waals surface area (Å²) in [5.74, 6) is 3.68. The summed E-state index contributed by atoms with van der Waals surface area (Å²) in [5, 5.41) is 16.1. The molecule has 12 aromatic carbocycles. The van der Waals surface area contributed by atoms with Crippen LogP contribution < -0.4 is 27.4 Å². The maximum Gasteiger partial charge on any atom is 0.220 e. The van der Waals surface area contributed by atoms with Crippen molar-refractivity contribution in [2.24, 2.45) is 42.3 Å². The van der Waals surface area contributed by atoms with Crippen LogP contribution in [0.15, 0.2) is 328 Å². The molecular weight excluding hydrogens is 1570 g/mol. The molecule has 656 valence electrons. The first-order valence-corrected chi connectivity index (χ1v) is 47.7. The smallest absolute Gasteiger partial charge is 0.200 e. The predicted molar refractivity (Wildman–Crippen MR) is 551 cm³/mol. The van der Waals surface area contributed by atoms with Gasteiger partial charge in [0.25, 0.3) is 0 Å². The Balaban J connectivity index is 0.000000120. The zero-order valence-electron chi connectivity index (χ0n) is 81.0. The fourth-order valence-electron chi connectivity index (χ4n) is 20.2. The number of hydrogen-bond donors (Lipinski definition) is 0. The van der Waals surface area contributed by atoms with E-state index in [1.165, 1.54) is 250 Å². The Morgan fingerprint density at radius 1 is 0.215 bits per heavy atom. The van der Waals surface area contributed by atoms with Crippen molar-refractivity contribution < 1.29 is 27.4 Å². The Morgan fingerprint density at radius 2 is 0.531 bits per heavy atom. The van der Waals surface area contributed by atoms with Crippen LogP contribution in [0.25, 0.3) is 132 Å². The third kappa shape index (κ3) is 20.1. The third-order valence-corrected chi connectivity index (χ3v) is 27.7. The number of aryl methyl sites for hydroxylation is 12. The van der Waals surface area contributed by atoms with Crippen LogP contribution in [0.4, 0.5) is 0 Å². The highest BCUT2D eigenvalue weighted by Gasteiger charge is 2.28. The molecule has 0 radical (unpaired) electrons. The van der Waals surface area contributed by atoms with Crippen molar-refractivity contribution in [1.29, 1.82) is 0 Å². The molecule has 0 saturated heterocycles. The zero-order valence-corrected chi connectivity index (χ0v) is 81.0. The second kappa shape index (κ2) is 41.2. The van der Waals surface area contributed by atoms with Gasteiger partial charge < -0.3 is 0 Å². The van der Waals surface area contributed by atoms with E-state index < -0.39 is 0 Å². The van der Waals surface area contributed by atoms with Gasteiger partial charge in [-0.2, -0.15) is 0 Å². The number of hydrogen-bond acceptors (Lipinski definition) is 0. The Bertz CT molecular complexity index is 6970. The van der Waals surface area contributed by atoms with E-state index in [1.807, 2.05) is 0 Å². The van der Waals surface area contributed by atoms with Crippen molar-refractivity contribution in [3.05, 3.63) is 395 Å². The maximum absolute atomic E-state index is 2.45. The highest BCUT2D eigenvalue weighted by molar-refractivity contribution is 6.00. The van der Waals surface area contributed by atoms with E-state index in [0.29, 0.717) is 23.7 Å². The second-order valence-electron chi connectivity index (χ2n) is 38.1. The lowest BCUT2D eigenvalue weighted by Gasteiger charge is -2.13. The summed E-state index contributed by atoms with van der Waals surface area (Å²) in [6.07, 6.45) is 24.1. The normalized spacial score (nSPS) is 12.7. The molecule has 0 unspecified atom stereocenters. The maximum atomic E-state index is 2.45. The molecule has 18 aromatic rings. The molecular formula is C124H136N6+6. The topological polar surface area (TPSA) is 23.3 Å². The fourth-order valence-corrected chi connectivity index (χ4v) is 20.2. The van der Waals surface area contributed by atoms with Crippen molar-refractivity contribution in [3.8, 4) is 67.5 Å². The van der Waals surface area contributed by atoms with E-state index in [0.717, 1.165) is 11.8 Å². The van der Waals surface area contributed by atoms with E-state index >= 15 is 0 Å². The van der Waals surface area contributed by atoms with Gasteiger partial charge in [-0.1, -0.05) is 269 Å². The lowest BCUT2D eigenvalue weighted by molar-refractivity contribution is -0.659. The average Bonchev–Trinajstić information content (AvgIpc) is 1.42. The van der Waals surface area contributed by atoms with Gasteiger partial charge in [0.1, 0.15) is 42.3 Å². The van der Waals surface area contributed by atoms with Crippen molar-refractivity contribution in [1.82, 2.24) is 0 Å². The molecule has 2 aliphatic rings. The Labute approximate surface area is 775 Å². The lowest BCUT2D eigenvalue weighted by atomic mass is 9.93. The van der Waals surface area contributed by atoms with Crippen LogP contribution in [-0.2, 0) is 42.3 Å². The van der Waals surface area contributed by atoms with E-state index in [-0.39, 0.29) is 0 Å². The van der Waals surface area contributed by atoms with Crippen LogP contribution in [-0.4, -0.2) is 0 Å². The molecule has 0 aliphatic heterocycles. The molecule has 130 heavy (non-hydrogen) atoms. The van der Waals surface area contributed by atoms with Gasteiger partial charge in [-0.3, -0.25) is 0 Å². The van der Waals surface area contributed by atoms with Crippen LogP contribution in [0.1, 0.15) is 209 Å². The molecule has 6 heteroatoms. The number of pyridine rings is 6. The predicted octanol–water partition coefficient (Wildman–Crippen LogP) is 29.6. The molecule has 0 spiro atoms. The monoisotopic (exact) mass is 1710 g/mol. The SMILES string of the molecule is Cc1ccc(C(C)C)cc1-c1c2ccccc2cc[n+]1C.Cc1ccccc1-c1c2cc(C(C)C)ccc2cc[n+]1C.Cc1ccccc1-c1c2cc(C3CCCC3)ccc2cc[n+]1C.Cc1ccccc1-c1c2ccc(C3CCCC3)cc2cc[n+]1C.Cc1ccccc1-c1c2cccc(C(C)C)c2cc[n+]1C.Cc1ccccc1-c1c2ccccc2c(C(C)C)c[n+]1C. The molecule has 6 aromatic heterocycles. The summed E-state index contributed by atoms with van der Waals surface area (Å²) < 4.78 is 13.5. The summed E-state index contributed by atoms with van der Waals surface area (Å²) >= 11 is 0. The van der Waals surface area contributed by atoms with Gasteiger partial charge in [0.05, 0.1) is 32.3 Å². The van der Waals surface area contributed by atoms with Crippen LogP contribution in [0.2, 0.25) is 0 Å². The fraction of sp³-hybridized carbons (Fsp3) is 0.274. The second-order valence-corrected chi connectivity index (χ2v) is 38.1. The molecule has 2 fully saturated rings. The van der Waals surface area contributed by atoms with Crippen molar-refractivity contribution >= 4 is 64.6 Å². The highest BCUT2D eigenvalue weighted by Crippen LogP contribution is 2.42. The number of aromatic nitrogens is 6. The minimum Gasteiger partial charge on any atom is -0.200 e. The first kappa shape index (κ1) is 91.8. The average molecular weight is 1710 g/mol. The van der Waals surface area contributed by atoms with Crippen molar-refractivity contribution in [2.45, 2.75) is 184 Å². The van der Waals surface area contributed by atoms with Gasteiger partial charge in [0.2, 0.25) is 34.2 Å². The van der Waals surface area contributed by atoms with Crippen LogP contribution >= 0.6 is 0 Å². The summed E-state index contributed by atoms with van der Waals surface area (Å²) in [6, 6.07) is 106. The number of rotatable bonds is 12. The number of fused-ring (bicyclic) bond motifs is 6. The van der Waals surface area contributed by atoms with Gasteiger partial charge in [-0.25, -0.2) is 27.4 Å². The van der Waals surface area contributed by atoms with Gasteiger partial charge >= 0.3 is 0 Å². The van der Waals surface area contributed by atoms with Crippen LogP contribution in [0, 0.1) is 41.5 Å². The van der Waals surface area contributed by atoms with Crippen molar-refractivity contribution in [2.75, 3.05) is 0 Å². The lowest BCUT2D eigenvalue weighted by Crippen LogP contribution is -2.32. The quantitative estimate of drug-likeness (QED) is 0.109. The molecule has 0 bridgehead atoms. The molecule has 0 N–H and O–H groups in total. The molecule has 0 amide bonds. The molecule has 6 heterocycles. The standard InChI is InChI=1S/2C22H24N.4C20H22N/c1-16-7-3-6-10-20(16)22-21-12-11-18(17-8-4-5-9-17)15-19(21)13-14-23(22)2;1-16-7-3-6-10-20(16)22-21-15-19(17-8-4-5-9-17)12-11-18(21)13-14-23(22)2;1-14(2)19-13-21(4)20(16-10-6-5-9-15(16)3)18-12-8-7-11-17(18)19;1-14(2)16-10-7-11-19-18(16)12-13-21(4)20(19)17-9-6-5-8-15(17)3;1-14(2)17-10-9-15(3)19(13-17)20-18-8-6-5-7-16(18)11-12-21(20)4;1-14(2)17-10-9-16-11-12-21(4)20(19(16)13-17)18-8-6-5-7-15(18)3/h2*3,6-7,10-15,17H,4-5,8-9H2,1-2H3;4*5-14H,1-4H3/q6*+1. The summed E-state index contributed by atoms with van der Waals surface area (Å²) in [4.78, 5) is 0. The van der Waals surface area contributed by atoms with Crippen LogP contribution in [0.3, 0.4) is 0 Å². The first-order chi connectivity index (χ1) is 62.8. The molecule has 2 aliphatic carbocycles. The van der Waals surface area contributed by atoms with Gasteiger partial charge in [-0.15, -0.1) is 0 Å². The number of nitrogens with zero attached hydrogens (tertiary/aromatic N) is 6. The van der Waals surface area contributed by atoms with E-state index in [1.54, 1.807) is 0 Å². The minimum atomic E-state index is 0.520. The minimum absolute atomic E-state index is 0.520. The largest absolute Gasteiger partial charge is 0.220 e. The Kier molecular flexibility index (Phi) is 29.1. The number of benzene rings is 12. The molecule has 6 nitrogen and oxygen atoms in total.